The highest BCUT2D eigenvalue weighted by Crippen LogP contribution is 2.05. The van der Waals surface area contributed by atoms with Crippen LogP contribution in [0.15, 0.2) is 0 Å². The fourth-order valence-electron chi connectivity index (χ4n) is 0.799. The van der Waals surface area contributed by atoms with Crippen LogP contribution in [0.25, 0.3) is 0 Å². The maximum Gasteiger partial charge on any atom is 0.0584 e. The van der Waals surface area contributed by atoms with Crippen molar-refractivity contribution in [2.24, 2.45) is 0 Å². The zero-order chi connectivity index (χ0) is 8.53. The lowest BCUT2D eigenvalue weighted by Gasteiger charge is -2.11. The summed E-state index contributed by atoms with van der Waals surface area (Å²) < 4.78 is 0. The Kier molecular flexibility index (Phi) is 8.57. The van der Waals surface area contributed by atoms with Gasteiger partial charge in [0.25, 0.3) is 0 Å². The van der Waals surface area contributed by atoms with Gasteiger partial charge in [0.2, 0.25) is 0 Å². The van der Waals surface area contributed by atoms with Crippen LogP contribution in [0, 0.1) is 0 Å². The van der Waals surface area contributed by atoms with Crippen molar-refractivity contribution in [3.63, 3.8) is 0 Å². The van der Waals surface area contributed by atoms with Crippen LogP contribution in [0.4, 0.5) is 0 Å². The number of hydrogen-bond acceptors (Lipinski definition) is 3. The molecule has 68 valence electrons. The molecule has 1 unspecified atom stereocenters. The monoisotopic (exact) mass is 177 g/mol. The summed E-state index contributed by atoms with van der Waals surface area (Å²) in [7, 11) is 1.89. The van der Waals surface area contributed by atoms with Crippen molar-refractivity contribution in [1.29, 1.82) is 0 Å². The third kappa shape index (κ3) is 6.66. The van der Waals surface area contributed by atoms with Crippen LogP contribution in [-0.4, -0.2) is 36.3 Å². The van der Waals surface area contributed by atoms with Gasteiger partial charge >= 0.3 is 0 Å². The first kappa shape index (κ1) is 11.3. The summed E-state index contributed by atoms with van der Waals surface area (Å²) in [6, 6.07) is 0.291. The number of thioether (sulfide) groups is 1. The van der Waals surface area contributed by atoms with E-state index in [1.54, 1.807) is 0 Å². The lowest BCUT2D eigenvalue weighted by Crippen LogP contribution is -2.29. The molecule has 1 atom stereocenters. The molecule has 0 saturated heterocycles. The predicted molar refractivity (Wildman–Crippen MR) is 52.2 cm³/mol. The van der Waals surface area contributed by atoms with Crippen LogP contribution in [0.5, 0.6) is 0 Å². The zero-order valence-corrected chi connectivity index (χ0v) is 8.28. The molecule has 0 saturated carbocycles. The molecule has 0 heterocycles. The first-order valence-corrected chi connectivity index (χ1v) is 5.36. The largest absolute Gasteiger partial charge is 0.395 e. The van der Waals surface area contributed by atoms with Gasteiger partial charge in [0, 0.05) is 6.04 Å². The molecule has 0 rings (SSSR count). The topological polar surface area (TPSA) is 32.3 Å². The molecule has 0 amide bonds. The molecule has 0 aromatic heterocycles. The van der Waals surface area contributed by atoms with Crippen molar-refractivity contribution in [2.75, 3.05) is 25.2 Å². The maximum atomic E-state index is 8.81. The van der Waals surface area contributed by atoms with E-state index in [9.17, 15) is 0 Å². The van der Waals surface area contributed by atoms with Gasteiger partial charge in [-0.05, 0) is 31.4 Å². The minimum atomic E-state index is 0.253. The van der Waals surface area contributed by atoms with E-state index in [4.69, 9.17) is 5.11 Å². The molecule has 0 aromatic rings. The Morgan fingerprint density at radius 1 is 1.45 bits per heavy atom. The molecule has 0 aliphatic heterocycles. The van der Waals surface area contributed by atoms with Gasteiger partial charge in [-0.2, -0.15) is 11.8 Å². The van der Waals surface area contributed by atoms with Crippen molar-refractivity contribution >= 4 is 11.8 Å². The molecule has 0 spiro atoms. The van der Waals surface area contributed by atoms with E-state index in [-0.39, 0.29) is 6.61 Å². The van der Waals surface area contributed by atoms with Crippen LogP contribution < -0.4 is 5.32 Å². The van der Waals surface area contributed by atoms with E-state index in [1.165, 1.54) is 12.2 Å². The highest BCUT2D eigenvalue weighted by molar-refractivity contribution is 7.99. The van der Waals surface area contributed by atoms with Crippen LogP contribution in [0.1, 0.15) is 19.8 Å². The lowest BCUT2D eigenvalue weighted by molar-refractivity contribution is 0.246. The smallest absolute Gasteiger partial charge is 0.0584 e. The number of hydrogen-bond donors (Lipinski definition) is 2. The summed E-state index contributed by atoms with van der Waals surface area (Å²) in [6.45, 7) is 2.44. The minimum absolute atomic E-state index is 0.253. The van der Waals surface area contributed by atoms with E-state index in [1.807, 2.05) is 18.8 Å². The maximum absolute atomic E-state index is 8.81. The SMILES string of the molecule is CCCSCCC(CO)NC. The Labute approximate surface area is 73.8 Å². The quantitative estimate of drug-likeness (QED) is 0.571. The molecule has 0 bridgehead atoms. The summed E-state index contributed by atoms with van der Waals surface area (Å²) in [6.07, 6.45) is 2.31. The average molecular weight is 177 g/mol. The van der Waals surface area contributed by atoms with Crippen LogP contribution in [0.2, 0.25) is 0 Å². The summed E-state index contributed by atoms with van der Waals surface area (Å²) in [5.74, 6) is 2.39. The Morgan fingerprint density at radius 3 is 2.64 bits per heavy atom. The van der Waals surface area contributed by atoms with E-state index in [0.29, 0.717) is 6.04 Å². The number of rotatable bonds is 7. The molecule has 0 aliphatic rings. The number of nitrogens with one attached hydrogen (secondary N) is 1. The Bertz CT molecular complexity index is 76.5. The van der Waals surface area contributed by atoms with Crippen LogP contribution >= 0.6 is 11.8 Å². The number of likely N-dealkylation sites (N-methyl/N-ethyl adjacent to an activating group) is 1. The van der Waals surface area contributed by atoms with Crippen molar-refractivity contribution in [1.82, 2.24) is 5.32 Å². The van der Waals surface area contributed by atoms with Gasteiger partial charge < -0.3 is 10.4 Å². The lowest BCUT2D eigenvalue weighted by atomic mass is 10.2. The predicted octanol–water partition coefficient (Wildman–Crippen LogP) is 1.10. The molecular weight excluding hydrogens is 158 g/mol. The van der Waals surface area contributed by atoms with E-state index in [0.717, 1.165) is 12.2 Å². The molecule has 0 radical (unpaired) electrons. The normalized spacial score (nSPS) is 13.4. The van der Waals surface area contributed by atoms with Gasteiger partial charge in [0.1, 0.15) is 0 Å². The third-order valence-corrected chi connectivity index (χ3v) is 2.81. The zero-order valence-electron chi connectivity index (χ0n) is 7.47. The highest BCUT2D eigenvalue weighted by atomic mass is 32.2. The Morgan fingerprint density at radius 2 is 2.18 bits per heavy atom. The third-order valence-electron chi connectivity index (χ3n) is 1.59. The summed E-state index contributed by atoms with van der Waals surface area (Å²) >= 11 is 1.96. The van der Waals surface area contributed by atoms with Gasteiger partial charge in [-0.1, -0.05) is 6.92 Å². The van der Waals surface area contributed by atoms with Gasteiger partial charge in [0.05, 0.1) is 6.61 Å². The fourth-order valence-corrected chi connectivity index (χ4v) is 1.74. The van der Waals surface area contributed by atoms with Gasteiger partial charge in [-0.15, -0.1) is 0 Å². The molecule has 2 nitrogen and oxygen atoms in total. The van der Waals surface area contributed by atoms with Crippen LogP contribution in [0.3, 0.4) is 0 Å². The van der Waals surface area contributed by atoms with E-state index < -0.39 is 0 Å². The van der Waals surface area contributed by atoms with Crippen molar-refractivity contribution < 1.29 is 5.11 Å². The second kappa shape index (κ2) is 8.37. The van der Waals surface area contributed by atoms with Crippen molar-refractivity contribution in [2.45, 2.75) is 25.8 Å². The Hall–Kier alpha value is 0.270. The average Bonchev–Trinajstić information content (AvgIpc) is 2.05. The standard InChI is InChI=1S/C8H19NOS/c1-3-5-11-6-4-8(7-10)9-2/h8-10H,3-7H2,1-2H3. The van der Waals surface area contributed by atoms with Gasteiger partial charge in [-0.25, -0.2) is 0 Å². The van der Waals surface area contributed by atoms with Gasteiger partial charge in [-0.3, -0.25) is 0 Å². The first-order chi connectivity index (χ1) is 5.35. The Balaban J connectivity index is 3.07. The van der Waals surface area contributed by atoms with Gasteiger partial charge in [0.15, 0.2) is 0 Å². The van der Waals surface area contributed by atoms with Crippen molar-refractivity contribution in [3.8, 4) is 0 Å². The highest BCUT2D eigenvalue weighted by Gasteiger charge is 2.01. The van der Waals surface area contributed by atoms with E-state index in [2.05, 4.69) is 12.2 Å². The second-order valence-corrected chi connectivity index (χ2v) is 3.79. The molecular formula is C8H19NOS. The fraction of sp³-hybridized carbons (Fsp3) is 1.00. The number of aliphatic hydroxyl groups is 1. The van der Waals surface area contributed by atoms with Crippen molar-refractivity contribution in [3.05, 3.63) is 0 Å². The summed E-state index contributed by atoms with van der Waals surface area (Å²) in [5, 5.41) is 11.9. The minimum Gasteiger partial charge on any atom is -0.395 e. The molecule has 0 fully saturated rings. The summed E-state index contributed by atoms with van der Waals surface area (Å²) in [5.41, 5.74) is 0. The first-order valence-electron chi connectivity index (χ1n) is 4.21. The molecule has 11 heavy (non-hydrogen) atoms. The molecule has 0 aliphatic carbocycles. The van der Waals surface area contributed by atoms with Crippen LogP contribution in [-0.2, 0) is 0 Å². The second-order valence-electron chi connectivity index (χ2n) is 2.57. The molecule has 0 aromatic carbocycles. The molecule has 2 N–H and O–H groups in total. The van der Waals surface area contributed by atoms with E-state index >= 15 is 0 Å². The molecule has 3 heteroatoms. The summed E-state index contributed by atoms with van der Waals surface area (Å²) in [4.78, 5) is 0. The number of aliphatic hydroxyl groups excluding tert-OH is 1.